The number of nitrogens with zero attached hydrogens (tertiary/aromatic N) is 1. The molecular formula is C24H20Cl2F3N3O2. The molecule has 0 aliphatic carbocycles. The van der Waals surface area contributed by atoms with Crippen molar-refractivity contribution in [3.05, 3.63) is 94.0 Å². The summed E-state index contributed by atoms with van der Waals surface area (Å²) >= 11 is 11.9. The highest BCUT2D eigenvalue weighted by atomic mass is 35.5. The minimum absolute atomic E-state index is 0.0640. The van der Waals surface area contributed by atoms with Gasteiger partial charge in [0.1, 0.15) is 0 Å². The first-order valence-corrected chi connectivity index (χ1v) is 10.9. The van der Waals surface area contributed by atoms with Crippen LogP contribution in [0.5, 0.6) is 0 Å². The van der Waals surface area contributed by atoms with Crippen molar-refractivity contribution in [2.45, 2.75) is 19.1 Å². The Hall–Kier alpha value is -3.23. The van der Waals surface area contributed by atoms with Crippen molar-refractivity contribution in [1.82, 2.24) is 4.90 Å². The van der Waals surface area contributed by atoms with Crippen LogP contribution in [0.4, 0.5) is 29.3 Å². The van der Waals surface area contributed by atoms with Gasteiger partial charge in [-0.2, -0.15) is 13.2 Å². The van der Waals surface area contributed by atoms with Crippen LogP contribution >= 0.6 is 23.2 Å². The Labute approximate surface area is 204 Å². The lowest BCUT2D eigenvalue weighted by molar-refractivity contribution is -0.137. The van der Waals surface area contributed by atoms with E-state index in [1.165, 1.54) is 23.1 Å². The first-order valence-electron chi connectivity index (χ1n) is 10.1. The Kier molecular flexibility index (Phi) is 8.41. The Morgan fingerprint density at radius 2 is 1.47 bits per heavy atom. The third-order valence-corrected chi connectivity index (χ3v) is 5.52. The van der Waals surface area contributed by atoms with E-state index in [1.54, 1.807) is 12.1 Å². The summed E-state index contributed by atoms with van der Waals surface area (Å²) in [4.78, 5) is 26.8. The highest BCUT2D eigenvalue weighted by Gasteiger charge is 2.30. The lowest BCUT2D eigenvalue weighted by Crippen LogP contribution is -2.36. The average Bonchev–Trinajstić information content (AvgIpc) is 2.79. The normalized spacial score (nSPS) is 11.1. The van der Waals surface area contributed by atoms with Gasteiger partial charge in [-0.1, -0.05) is 53.5 Å². The summed E-state index contributed by atoms with van der Waals surface area (Å²) in [5.74, 6) is -0.444. The Balaban J connectivity index is 1.65. The summed E-state index contributed by atoms with van der Waals surface area (Å²) < 4.78 is 38.1. The van der Waals surface area contributed by atoms with Crippen LogP contribution in [0, 0.1) is 0 Å². The van der Waals surface area contributed by atoms with Gasteiger partial charge in [-0.25, -0.2) is 4.79 Å². The van der Waals surface area contributed by atoms with Crippen molar-refractivity contribution >= 4 is 46.5 Å². The Morgan fingerprint density at radius 3 is 2.09 bits per heavy atom. The van der Waals surface area contributed by atoms with Crippen molar-refractivity contribution < 1.29 is 22.8 Å². The largest absolute Gasteiger partial charge is 0.416 e. The van der Waals surface area contributed by atoms with Crippen LogP contribution in [0.25, 0.3) is 0 Å². The molecule has 0 atom stereocenters. The van der Waals surface area contributed by atoms with Crippen LogP contribution in [-0.4, -0.2) is 23.4 Å². The zero-order chi connectivity index (χ0) is 24.7. The molecule has 0 fully saturated rings. The fourth-order valence-corrected chi connectivity index (χ4v) is 3.33. The quantitative estimate of drug-likeness (QED) is 0.357. The minimum Gasteiger partial charge on any atom is -0.326 e. The molecule has 0 bridgehead atoms. The number of urea groups is 1. The van der Waals surface area contributed by atoms with Crippen LogP contribution in [0.15, 0.2) is 72.8 Å². The van der Waals surface area contributed by atoms with E-state index in [0.29, 0.717) is 10.7 Å². The van der Waals surface area contributed by atoms with Crippen molar-refractivity contribution in [3.63, 3.8) is 0 Å². The second-order valence-corrected chi connectivity index (χ2v) is 8.15. The number of amides is 3. The maximum atomic E-state index is 12.9. The van der Waals surface area contributed by atoms with E-state index in [4.69, 9.17) is 23.2 Å². The van der Waals surface area contributed by atoms with E-state index in [-0.39, 0.29) is 30.2 Å². The van der Waals surface area contributed by atoms with Gasteiger partial charge in [0.2, 0.25) is 5.91 Å². The number of alkyl halides is 3. The van der Waals surface area contributed by atoms with Crippen molar-refractivity contribution in [3.8, 4) is 0 Å². The molecule has 0 radical (unpaired) electrons. The molecule has 0 spiro atoms. The molecule has 3 amide bonds. The van der Waals surface area contributed by atoms with Gasteiger partial charge in [0.05, 0.1) is 15.6 Å². The monoisotopic (exact) mass is 509 g/mol. The van der Waals surface area contributed by atoms with Gasteiger partial charge >= 0.3 is 12.2 Å². The number of carbonyl (C=O) groups excluding carboxylic acids is 2. The van der Waals surface area contributed by atoms with Crippen molar-refractivity contribution in [1.29, 1.82) is 0 Å². The number of halogens is 5. The highest BCUT2D eigenvalue weighted by molar-refractivity contribution is 6.42. The highest BCUT2D eigenvalue weighted by Crippen LogP contribution is 2.30. The van der Waals surface area contributed by atoms with Crippen LogP contribution in [0.1, 0.15) is 17.5 Å². The first-order chi connectivity index (χ1) is 16.1. The van der Waals surface area contributed by atoms with Gasteiger partial charge in [-0.05, 0) is 48.0 Å². The van der Waals surface area contributed by atoms with E-state index in [0.717, 1.165) is 17.7 Å². The third kappa shape index (κ3) is 7.40. The van der Waals surface area contributed by atoms with Gasteiger partial charge in [0.15, 0.2) is 0 Å². The summed E-state index contributed by atoms with van der Waals surface area (Å²) in [6, 6.07) is 17.6. The number of carbonyl (C=O) groups is 2. The van der Waals surface area contributed by atoms with Gasteiger partial charge in [0.25, 0.3) is 0 Å². The molecule has 3 aromatic rings. The molecule has 3 aromatic carbocycles. The molecule has 2 N–H and O–H groups in total. The zero-order valence-corrected chi connectivity index (χ0v) is 19.2. The number of rotatable bonds is 7. The molecule has 0 heterocycles. The van der Waals surface area contributed by atoms with E-state index in [9.17, 15) is 22.8 Å². The second-order valence-electron chi connectivity index (χ2n) is 7.34. The van der Waals surface area contributed by atoms with Gasteiger partial charge < -0.3 is 15.5 Å². The summed E-state index contributed by atoms with van der Waals surface area (Å²) in [5.41, 5.74) is 0.716. The molecular weight excluding hydrogens is 490 g/mol. The standard InChI is InChI=1S/C24H20Cl2F3N3O2/c25-20-11-10-19(14-21(20)26)31-23(34)32(15-16-4-2-1-3-5-16)13-12-22(33)30-18-8-6-17(7-9-18)24(27,28)29/h1-11,14H,12-13,15H2,(H,30,33)(H,31,34). The molecule has 3 rings (SSSR count). The Morgan fingerprint density at radius 1 is 0.824 bits per heavy atom. The SMILES string of the molecule is O=C(CCN(Cc1ccccc1)C(=O)Nc1ccc(Cl)c(Cl)c1)Nc1ccc(C(F)(F)F)cc1. The van der Waals surface area contributed by atoms with Gasteiger partial charge in [-0.15, -0.1) is 0 Å². The second kappa shape index (κ2) is 11.3. The van der Waals surface area contributed by atoms with Gasteiger partial charge in [0, 0.05) is 30.9 Å². The summed E-state index contributed by atoms with van der Waals surface area (Å²) in [6.45, 7) is 0.302. The molecule has 0 aliphatic rings. The van der Waals surface area contributed by atoms with Crippen LogP contribution in [0.3, 0.4) is 0 Å². The van der Waals surface area contributed by atoms with Crippen LogP contribution in [0.2, 0.25) is 10.0 Å². The number of hydrogen-bond donors (Lipinski definition) is 2. The summed E-state index contributed by atoms with van der Waals surface area (Å²) in [7, 11) is 0. The predicted octanol–water partition coefficient (Wildman–Crippen LogP) is 7.08. The van der Waals surface area contributed by atoms with Crippen LogP contribution in [-0.2, 0) is 17.5 Å². The molecule has 0 aromatic heterocycles. The maximum absolute atomic E-state index is 12.9. The third-order valence-electron chi connectivity index (χ3n) is 4.78. The number of anilines is 2. The first kappa shape index (κ1) is 25.4. The molecule has 0 saturated heterocycles. The predicted molar refractivity (Wildman–Crippen MR) is 127 cm³/mol. The number of hydrogen-bond acceptors (Lipinski definition) is 2. The summed E-state index contributed by atoms with van der Waals surface area (Å²) in [6.07, 6.45) is -4.52. The smallest absolute Gasteiger partial charge is 0.326 e. The zero-order valence-electron chi connectivity index (χ0n) is 17.7. The molecule has 0 unspecified atom stereocenters. The lowest BCUT2D eigenvalue weighted by atomic mass is 10.2. The van der Waals surface area contributed by atoms with Gasteiger partial charge in [-0.3, -0.25) is 4.79 Å². The molecule has 10 heteroatoms. The Bertz CT molecular complexity index is 1140. The molecule has 34 heavy (non-hydrogen) atoms. The summed E-state index contributed by atoms with van der Waals surface area (Å²) in [5, 5.41) is 5.91. The minimum atomic E-state index is -4.46. The van der Waals surface area contributed by atoms with E-state index in [1.807, 2.05) is 30.3 Å². The van der Waals surface area contributed by atoms with Crippen LogP contribution < -0.4 is 10.6 Å². The average molecular weight is 510 g/mol. The van der Waals surface area contributed by atoms with E-state index in [2.05, 4.69) is 10.6 Å². The topological polar surface area (TPSA) is 61.4 Å². The molecule has 0 saturated carbocycles. The maximum Gasteiger partial charge on any atom is 0.416 e. The lowest BCUT2D eigenvalue weighted by Gasteiger charge is -2.23. The molecule has 5 nitrogen and oxygen atoms in total. The van der Waals surface area contributed by atoms with Crippen molar-refractivity contribution in [2.24, 2.45) is 0 Å². The van der Waals surface area contributed by atoms with E-state index < -0.39 is 23.7 Å². The van der Waals surface area contributed by atoms with Crippen molar-refractivity contribution in [2.75, 3.05) is 17.2 Å². The van der Waals surface area contributed by atoms with E-state index >= 15 is 0 Å². The fraction of sp³-hybridized carbons (Fsp3) is 0.167. The molecule has 0 aliphatic heterocycles. The number of benzene rings is 3. The molecule has 178 valence electrons. The fourth-order valence-electron chi connectivity index (χ4n) is 3.04. The number of nitrogens with one attached hydrogen (secondary N) is 2.